The Hall–Kier alpha value is -4.13. The summed E-state index contributed by atoms with van der Waals surface area (Å²) in [5.41, 5.74) is 1.66. The number of hydrogen-bond donors (Lipinski definition) is 3. The zero-order chi connectivity index (χ0) is 23.6. The van der Waals surface area contributed by atoms with Crippen molar-refractivity contribution >= 4 is 22.6 Å². The van der Waals surface area contributed by atoms with Gasteiger partial charge in [-0.2, -0.15) is 0 Å². The van der Waals surface area contributed by atoms with Crippen LogP contribution in [-0.4, -0.2) is 15.9 Å². The molecule has 0 spiro atoms. The van der Waals surface area contributed by atoms with Crippen molar-refractivity contribution in [2.45, 2.75) is 32.6 Å². The highest BCUT2D eigenvalue weighted by atomic mass is 16.5. The van der Waals surface area contributed by atoms with E-state index < -0.39 is 11.1 Å². The van der Waals surface area contributed by atoms with Gasteiger partial charge < -0.3 is 20.0 Å². The van der Waals surface area contributed by atoms with Crippen LogP contribution in [0.5, 0.6) is 11.5 Å². The number of aromatic amines is 2. The molecule has 7 nitrogen and oxygen atoms in total. The van der Waals surface area contributed by atoms with Gasteiger partial charge in [-0.3, -0.25) is 14.4 Å². The maximum absolute atomic E-state index is 12.6. The van der Waals surface area contributed by atoms with Crippen LogP contribution in [0.1, 0.15) is 43.1 Å². The molecule has 0 atom stereocenters. The van der Waals surface area contributed by atoms with Gasteiger partial charge in [-0.05, 0) is 72.0 Å². The van der Waals surface area contributed by atoms with Crippen molar-refractivity contribution in [3.63, 3.8) is 0 Å². The zero-order valence-electron chi connectivity index (χ0n) is 18.7. The number of ether oxygens (including phenoxy) is 1. The first kappa shape index (κ1) is 22.1. The minimum Gasteiger partial charge on any atom is -0.457 e. The Morgan fingerprint density at radius 3 is 2.03 bits per heavy atom. The van der Waals surface area contributed by atoms with E-state index in [-0.39, 0.29) is 11.3 Å². The molecule has 7 heteroatoms. The van der Waals surface area contributed by atoms with Crippen LogP contribution in [0.3, 0.4) is 0 Å². The third kappa shape index (κ3) is 4.87. The average molecular weight is 444 g/mol. The molecule has 0 aliphatic heterocycles. The van der Waals surface area contributed by atoms with Crippen LogP contribution < -0.4 is 21.2 Å². The molecule has 0 radical (unpaired) electrons. The number of carbonyl (C=O) groups is 1. The molecule has 4 rings (SSSR count). The van der Waals surface area contributed by atoms with Crippen LogP contribution in [0.4, 0.5) is 5.69 Å². The summed E-state index contributed by atoms with van der Waals surface area (Å²) >= 11 is 0. The van der Waals surface area contributed by atoms with Gasteiger partial charge in [-0.1, -0.05) is 32.9 Å². The molecule has 0 saturated carbocycles. The van der Waals surface area contributed by atoms with Gasteiger partial charge in [0.1, 0.15) is 11.5 Å². The van der Waals surface area contributed by atoms with Gasteiger partial charge in [-0.25, -0.2) is 0 Å². The van der Waals surface area contributed by atoms with E-state index in [0.717, 1.165) is 12.2 Å². The van der Waals surface area contributed by atoms with Gasteiger partial charge in [-0.15, -0.1) is 0 Å². The van der Waals surface area contributed by atoms with Crippen LogP contribution in [0.2, 0.25) is 0 Å². The standard InChI is InChI=1S/C26H25N3O4/c1-4-26(2,3)17-6-10-19(11-7-17)33-20-12-8-18(9-13-20)27-23(30)16-5-14-21-22(15-16)29-25(32)24(31)28-21/h5-15H,4H2,1-3H3,(H,27,30)(H,28,31)(H,29,32). The third-order valence-corrected chi connectivity index (χ3v) is 5.85. The number of fused-ring (bicyclic) bond motifs is 1. The van der Waals surface area contributed by atoms with Gasteiger partial charge in [0.25, 0.3) is 5.91 Å². The van der Waals surface area contributed by atoms with Crippen LogP contribution in [-0.2, 0) is 5.41 Å². The Morgan fingerprint density at radius 1 is 0.848 bits per heavy atom. The van der Waals surface area contributed by atoms with Crippen molar-refractivity contribution in [2.75, 3.05) is 5.32 Å². The fourth-order valence-electron chi connectivity index (χ4n) is 3.38. The lowest BCUT2D eigenvalue weighted by Crippen LogP contribution is -2.29. The molecule has 0 saturated heterocycles. The highest BCUT2D eigenvalue weighted by molar-refractivity contribution is 6.05. The van der Waals surface area contributed by atoms with E-state index in [1.54, 1.807) is 36.4 Å². The highest BCUT2D eigenvalue weighted by Gasteiger charge is 2.17. The number of carbonyl (C=O) groups excluding carboxylic acids is 1. The minimum absolute atomic E-state index is 0.121. The van der Waals surface area contributed by atoms with Gasteiger partial charge in [0, 0.05) is 11.3 Å². The topological polar surface area (TPSA) is 104 Å². The molecule has 0 bridgehead atoms. The second-order valence-corrected chi connectivity index (χ2v) is 8.51. The molecule has 3 N–H and O–H groups in total. The number of benzene rings is 3. The summed E-state index contributed by atoms with van der Waals surface area (Å²) in [5, 5.41) is 2.81. The fourth-order valence-corrected chi connectivity index (χ4v) is 3.38. The highest BCUT2D eigenvalue weighted by Crippen LogP contribution is 2.30. The molecule has 1 heterocycles. The second-order valence-electron chi connectivity index (χ2n) is 8.51. The van der Waals surface area contributed by atoms with Gasteiger partial charge >= 0.3 is 11.1 Å². The summed E-state index contributed by atoms with van der Waals surface area (Å²) in [4.78, 5) is 40.5. The molecule has 0 aliphatic rings. The smallest absolute Gasteiger partial charge is 0.314 e. The van der Waals surface area contributed by atoms with Crippen molar-refractivity contribution in [3.8, 4) is 11.5 Å². The van der Waals surface area contributed by atoms with Gasteiger partial charge in [0.05, 0.1) is 11.0 Å². The van der Waals surface area contributed by atoms with Crippen LogP contribution in [0.15, 0.2) is 76.3 Å². The van der Waals surface area contributed by atoms with E-state index >= 15 is 0 Å². The van der Waals surface area contributed by atoms with E-state index in [1.807, 2.05) is 12.1 Å². The molecule has 33 heavy (non-hydrogen) atoms. The van der Waals surface area contributed by atoms with Crippen molar-refractivity contribution in [2.24, 2.45) is 0 Å². The molecule has 0 fully saturated rings. The first-order chi connectivity index (χ1) is 15.7. The predicted molar refractivity (Wildman–Crippen MR) is 129 cm³/mol. The molecule has 1 aromatic heterocycles. The number of amides is 1. The quantitative estimate of drug-likeness (QED) is 0.367. The lowest BCUT2D eigenvalue weighted by molar-refractivity contribution is 0.102. The summed E-state index contributed by atoms with van der Waals surface area (Å²) < 4.78 is 5.92. The summed E-state index contributed by atoms with van der Waals surface area (Å²) in [5.74, 6) is 1.06. The Morgan fingerprint density at radius 2 is 1.42 bits per heavy atom. The van der Waals surface area contributed by atoms with E-state index in [9.17, 15) is 14.4 Å². The van der Waals surface area contributed by atoms with Crippen LogP contribution in [0, 0.1) is 0 Å². The minimum atomic E-state index is -0.764. The van der Waals surface area contributed by atoms with Crippen molar-refractivity contribution in [1.29, 1.82) is 0 Å². The van der Waals surface area contributed by atoms with E-state index in [4.69, 9.17) is 4.74 Å². The largest absolute Gasteiger partial charge is 0.457 e. The van der Waals surface area contributed by atoms with Gasteiger partial charge in [0.15, 0.2) is 0 Å². The molecule has 1 amide bonds. The Kier molecular flexibility index (Phi) is 5.87. The number of rotatable bonds is 6. The monoisotopic (exact) mass is 443 g/mol. The lowest BCUT2D eigenvalue weighted by atomic mass is 9.82. The summed E-state index contributed by atoms with van der Waals surface area (Å²) in [6.45, 7) is 6.61. The van der Waals surface area contributed by atoms with E-state index in [0.29, 0.717) is 28.0 Å². The molecule has 4 aromatic rings. The van der Waals surface area contributed by atoms with E-state index in [1.165, 1.54) is 11.6 Å². The van der Waals surface area contributed by atoms with Gasteiger partial charge in [0.2, 0.25) is 0 Å². The van der Waals surface area contributed by atoms with Crippen molar-refractivity contribution in [3.05, 3.63) is 98.6 Å². The molecule has 3 aromatic carbocycles. The van der Waals surface area contributed by atoms with Crippen molar-refractivity contribution < 1.29 is 9.53 Å². The number of H-pyrrole nitrogens is 2. The second kappa shape index (κ2) is 8.78. The average Bonchev–Trinajstić information content (AvgIpc) is 2.81. The number of anilines is 1. The van der Waals surface area contributed by atoms with Crippen molar-refractivity contribution in [1.82, 2.24) is 9.97 Å². The van der Waals surface area contributed by atoms with Crippen LogP contribution >= 0.6 is 0 Å². The third-order valence-electron chi connectivity index (χ3n) is 5.85. The molecular formula is C26H25N3O4. The SMILES string of the molecule is CCC(C)(C)c1ccc(Oc2ccc(NC(=O)c3ccc4[nH]c(=O)c(=O)[nH]c4c3)cc2)cc1. The molecule has 0 aliphatic carbocycles. The number of nitrogens with one attached hydrogen (secondary N) is 3. The number of hydrogen-bond acceptors (Lipinski definition) is 4. The lowest BCUT2D eigenvalue weighted by Gasteiger charge is -2.23. The zero-order valence-corrected chi connectivity index (χ0v) is 18.7. The Balaban J connectivity index is 1.44. The Bertz CT molecular complexity index is 1420. The summed E-state index contributed by atoms with van der Waals surface area (Å²) in [6.07, 6.45) is 1.05. The predicted octanol–water partition coefficient (Wildman–Crippen LogP) is 4.95. The Labute approximate surface area is 190 Å². The molecular weight excluding hydrogens is 418 g/mol. The maximum Gasteiger partial charge on any atom is 0.314 e. The fraction of sp³-hybridized carbons (Fsp3) is 0.192. The first-order valence-corrected chi connectivity index (χ1v) is 10.7. The van der Waals surface area contributed by atoms with E-state index in [2.05, 4.69) is 48.2 Å². The summed E-state index contributed by atoms with van der Waals surface area (Å²) in [7, 11) is 0. The summed E-state index contributed by atoms with van der Waals surface area (Å²) in [6, 6.07) is 19.8. The first-order valence-electron chi connectivity index (χ1n) is 10.7. The van der Waals surface area contributed by atoms with Crippen LogP contribution in [0.25, 0.3) is 11.0 Å². The normalized spacial score (nSPS) is 11.4. The maximum atomic E-state index is 12.6. The number of aromatic nitrogens is 2. The molecule has 0 unspecified atom stereocenters. The molecule has 168 valence electrons.